The van der Waals surface area contributed by atoms with Crippen LogP contribution in [0.15, 0.2) is 29.8 Å². The Hall–Kier alpha value is -2.28. The molecule has 1 amide bonds. The maximum absolute atomic E-state index is 12.4. The number of nitrogens with zero attached hydrogens (tertiary/aromatic N) is 1. The average molecular weight is 326 g/mol. The minimum absolute atomic E-state index is 0.115. The lowest BCUT2D eigenvalue weighted by Crippen LogP contribution is -2.41. The third-order valence-corrected chi connectivity index (χ3v) is 4.36. The second kappa shape index (κ2) is 8.54. The smallest absolute Gasteiger partial charge is 0.262 e. The first-order chi connectivity index (χ1) is 11.5. The van der Waals surface area contributed by atoms with Crippen LogP contribution in [0.3, 0.4) is 0 Å². The SMILES string of the molecule is CC(C)Oc1ccc(/C=C(\C#N)C(=O)N[C@H]2CCCC[C@@H]2C)cc1. The largest absolute Gasteiger partial charge is 0.491 e. The molecule has 0 aromatic heterocycles. The summed E-state index contributed by atoms with van der Waals surface area (Å²) in [4.78, 5) is 12.4. The number of hydrogen-bond acceptors (Lipinski definition) is 3. The maximum Gasteiger partial charge on any atom is 0.262 e. The zero-order valence-corrected chi connectivity index (χ0v) is 14.7. The molecule has 0 aliphatic heterocycles. The molecule has 1 aliphatic rings. The summed E-state index contributed by atoms with van der Waals surface area (Å²) in [7, 11) is 0. The van der Waals surface area contributed by atoms with E-state index in [1.807, 2.05) is 44.2 Å². The van der Waals surface area contributed by atoms with E-state index in [0.717, 1.165) is 30.6 Å². The summed E-state index contributed by atoms with van der Waals surface area (Å²) in [5.74, 6) is 0.968. The number of rotatable bonds is 5. The van der Waals surface area contributed by atoms with Gasteiger partial charge >= 0.3 is 0 Å². The summed E-state index contributed by atoms with van der Waals surface area (Å²) in [6.45, 7) is 6.10. The standard InChI is InChI=1S/C20H26N2O2/c1-14(2)24-18-10-8-16(9-11-18)12-17(13-21)20(23)22-19-7-5-4-6-15(19)3/h8-12,14-15,19H,4-7H2,1-3H3,(H,22,23)/b17-12+/t15-,19-/m0/s1. The molecule has 1 fully saturated rings. The molecule has 1 saturated carbocycles. The Bertz CT molecular complexity index is 626. The lowest BCUT2D eigenvalue weighted by Gasteiger charge is -2.29. The van der Waals surface area contributed by atoms with Crippen molar-refractivity contribution in [2.45, 2.75) is 58.6 Å². The lowest BCUT2D eigenvalue weighted by atomic mass is 9.86. The summed E-state index contributed by atoms with van der Waals surface area (Å²) < 4.78 is 5.60. The number of nitriles is 1. The third kappa shape index (κ3) is 5.13. The predicted molar refractivity (Wildman–Crippen MR) is 95.4 cm³/mol. The van der Waals surface area contributed by atoms with Crippen molar-refractivity contribution in [2.75, 3.05) is 0 Å². The fourth-order valence-electron chi connectivity index (χ4n) is 3.01. The van der Waals surface area contributed by atoms with E-state index in [9.17, 15) is 10.1 Å². The number of carbonyl (C=O) groups is 1. The molecule has 1 N–H and O–H groups in total. The van der Waals surface area contributed by atoms with E-state index in [1.165, 1.54) is 6.42 Å². The molecule has 1 aliphatic carbocycles. The molecule has 0 saturated heterocycles. The van der Waals surface area contributed by atoms with Crippen molar-refractivity contribution in [3.63, 3.8) is 0 Å². The Morgan fingerprint density at radius 1 is 1.29 bits per heavy atom. The minimum atomic E-state index is -0.279. The van der Waals surface area contributed by atoms with Gasteiger partial charge in [0.1, 0.15) is 17.4 Å². The van der Waals surface area contributed by atoms with Gasteiger partial charge in [0.15, 0.2) is 0 Å². The van der Waals surface area contributed by atoms with Crippen LogP contribution in [0.5, 0.6) is 5.75 Å². The number of benzene rings is 1. The Morgan fingerprint density at radius 3 is 2.54 bits per heavy atom. The minimum Gasteiger partial charge on any atom is -0.491 e. The monoisotopic (exact) mass is 326 g/mol. The average Bonchev–Trinajstić information content (AvgIpc) is 2.55. The van der Waals surface area contributed by atoms with E-state index in [-0.39, 0.29) is 23.6 Å². The van der Waals surface area contributed by atoms with Crippen molar-refractivity contribution in [3.05, 3.63) is 35.4 Å². The van der Waals surface area contributed by atoms with E-state index in [0.29, 0.717) is 5.92 Å². The number of hydrogen-bond donors (Lipinski definition) is 1. The molecular formula is C20H26N2O2. The summed E-state index contributed by atoms with van der Waals surface area (Å²) in [5, 5.41) is 12.3. The number of carbonyl (C=O) groups excluding carboxylic acids is 1. The van der Waals surface area contributed by atoms with Crippen molar-refractivity contribution in [1.82, 2.24) is 5.32 Å². The van der Waals surface area contributed by atoms with Crippen LogP contribution in [-0.4, -0.2) is 18.1 Å². The number of ether oxygens (including phenoxy) is 1. The van der Waals surface area contributed by atoms with Crippen molar-refractivity contribution in [1.29, 1.82) is 5.26 Å². The van der Waals surface area contributed by atoms with Gasteiger partial charge in [-0.3, -0.25) is 4.79 Å². The van der Waals surface area contributed by atoms with Crippen molar-refractivity contribution >= 4 is 12.0 Å². The van der Waals surface area contributed by atoms with Crippen LogP contribution in [0, 0.1) is 17.2 Å². The van der Waals surface area contributed by atoms with Crippen LogP contribution >= 0.6 is 0 Å². The highest BCUT2D eigenvalue weighted by molar-refractivity contribution is 6.01. The summed E-state index contributed by atoms with van der Waals surface area (Å²) in [6, 6.07) is 9.59. The van der Waals surface area contributed by atoms with Gasteiger partial charge < -0.3 is 10.1 Å². The van der Waals surface area contributed by atoms with Crippen LogP contribution in [0.2, 0.25) is 0 Å². The third-order valence-electron chi connectivity index (χ3n) is 4.36. The number of nitrogens with one attached hydrogen (secondary N) is 1. The Morgan fingerprint density at radius 2 is 1.96 bits per heavy atom. The second-order valence-corrected chi connectivity index (χ2v) is 6.75. The Kier molecular flexibility index (Phi) is 6.43. The van der Waals surface area contributed by atoms with Gasteiger partial charge in [0.25, 0.3) is 5.91 Å². The van der Waals surface area contributed by atoms with Crippen molar-refractivity contribution < 1.29 is 9.53 Å². The van der Waals surface area contributed by atoms with Crippen LogP contribution < -0.4 is 10.1 Å². The molecule has 0 heterocycles. The topological polar surface area (TPSA) is 62.1 Å². The fraction of sp³-hybridized carbons (Fsp3) is 0.500. The molecule has 128 valence electrons. The van der Waals surface area contributed by atoms with Gasteiger partial charge in [-0.25, -0.2) is 0 Å². The van der Waals surface area contributed by atoms with Crippen LogP contribution in [-0.2, 0) is 4.79 Å². The molecule has 0 radical (unpaired) electrons. The summed E-state index contributed by atoms with van der Waals surface area (Å²) in [6.07, 6.45) is 6.23. The first-order valence-electron chi connectivity index (χ1n) is 8.69. The molecule has 0 bridgehead atoms. The van der Waals surface area contributed by atoms with E-state index in [4.69, 9.17) is 4.74 Å². The predicted octanol–water partition coefficient (Wildman–Crippen LogP) is 4.08. The van der Waals surface area contributed by atoms with Crippen molar-refractivity contribution in [2.24, 2.45) is 5.92 Å². The molecule has 4 heteroatoms. The summed E-state index contributed by atoms with van der Waals surface area (Å²) in [5.41, 5.74) is 0.958. The number of amides is 1. The zero-order chi connectivity index (χ0) is 17.5. The Labute approximate surface area is 144 Å². The van der Waals surface area contributed by atoms with Gasteiger partial charge in [0, 0.05) is 6.04 Å². The second-order valence-electron chi connectivity index (χ2n) is 6.75. The molecule has 0 spiro atoms. The maximum atomic E-state index is 12.4. The molecular weight excluding hydrogens is 300 g/mol. The molecule has 2 atom stereocenters. The van der Waals surface area contributed by atoms with Crippen LogP contribution in [0.4, 0.5) is 0 Å². The van der Waals surface area contributed by atoms with Gasteiger partial charge in [-0.05, 0) is 56.4 Å². The van der Waals surface area contributed by atoms with Gasteiger partial charge in [-0.15, -0.1) is 0 Å². The lowest BCUT2D eigenvalue weighted by molar-refractivity contribution is -0.118. The highest BCUT2D eigenvalue weighted by Crippen LogP contribution is 2.24. The molecule has 1 aromatic rings. The first kappa shape index (κ1) is 18.1. The molecule has 1 aromatic carbocycles. The van der Waals surface area contributed by atoms with Crippen LogP contribution in [0.25, 0.3) is 6.08 Å². The van der Waals surface area contributed by atoms with E-state index >= 15 is 0 Å². The van der Waals surface area contributed by atoms with Gasteiger partial charge in [-0.1, -0.05) is 31.9 Å². The Balaban J connectivity index is 2.05. The zero-order valence-electron chi connectivity index (χ0n) is 14.7. The van der Waals surface area contributed by atoms with Gasteiger partial charge in [0.2, 0.25) is 0 Å². The van der Waals surface area contributed by atoms with E-state index in [1.54, 1.807) is 6.08 Å². The normalized spacial score (nSPS) is 21.2. The highest BCUT2D eigenvalue weighted by Gasteiger charge is 2.23. The quantitative estimate of drug-likeness (QED) is 0.655. The molecule has 24 heavy (non-hydrogen) atoms. The summed E-state index contributed by atoms with van der Waals surface area (Å²) >= 11 is 0. The molecule has 2 rings (SSSR count). The van der Waals surface area contributed by atoms with Crippen LogP contribution in [0.1, 0.15) is 52.0 Å². The molecule has 0 unspecified atom stereocenters. The van der Waals surface area contributed by atoms with E-state index in [2.05, 4.69) is 12.2 Å². The van der Waals surface area contributed by atoms with E-state index < -0.39 is 0 Å². The first-order valence-corrected chi connectivity index (χ1v) is 8.69. The fourth-order valence-corrected chi connectivity index (χ4v) is 3.01. The van der Waals surface area contributed by atoms with Gasteiger partial charge in [-0.2, -0.15) is 5.26 Å². The molecule has 4 nitrogen and oxygen atoms in total. The van der Waals surface area contributed by atoms with Gasteiger partial charge in [0.05, 0.1) is 6.10 Å². The van der Waals surface area contributed by atoms with Crippen molar-refractivity contribution in [3.8, 4) is 11.8 Å². The highest BCUT2D eigenvalue weighted by atomic mass is 16.5.